The van der Waals surface area contributed by atoms with Crippen molar-refractivity contribution in [3.8, 4) is 0 Å². The van der Waals surface area contributed by atoms with Crippen LogP contribution in [0.15, 0.2) is 18.2 Å². The van der Waals surface area contributed by atoms with Crippen LogP contribution in [0, 0.1) is 12.8 Å². The molecule has 1 aromatic heterocycles. The Balaban J connectivity index is 1.60. The van der Waals surface area contributed by atoms with Crippen molar-refractivity contribution in [1.29, 1.82) is 0 Å². The lowest BCUT2D eigenvalue weighted by atomic mass is 10.1. The molecule has 1 saturated heterocycles. The first-order chi connectivity index (χ1) is 12.1. The van der Waals surface area contributed by atoms with Gasteiger partial charge in [-0.2, -0.15) is 0 Å². The smallest absolute Gasteiger partial charge is 0.227 e. The van der Waals surface area contributed by atoms with E-state index < -0.39 is 0 Å². The maximum absolute atomic E-state index is 12.4. The van der Waals surface area contributed by atoms with Crippen LogP contribution in [0.25, 0.3) is 10.2 Å². The third kappa shape index (κ3) is 4.18. The minimum absolute atomic E-state index is 0.00192. The van der Waals surface area contributed by atoms with Crippen LogP contribution in [-0.2, 0) is 9.59 Å². The fraction of sp³-hybridized carbons (Fsp3) is 0.526. The van der Waals surface area contributed by atoms with E-state index in [-0.39, 0.29) is 24.2 Å². The van der Waals surface area contributed by atoms with E-state index >= 15 is 0 Å². The molecule has 1 N–H and O–H groups in total. The third-order valence-electron chi connectivity index (χ3n) is 4.62. The van der Waals surface area contributed by atoms with Crippen LogP contribution in [0.3, 0.4) is 0 Å². The van der Waals surface area contributed by atoms with E-state index in [1.54, 1.807) is 16.2 Å². The van der Waals surface area contributed by atoms with E-state index in [1.807, 2.05) is 25.1 Å². The third-order valence-corrected chi connectivity index (χ3v) is 5.57. The van der Waals surface area contributed by atoms with Crippen LogP contribution in [0.4, 0.5) is 5.69 Å². The van der Waals surface area contributed by atoms with Crippen molar-refractivity contribution in [2.24, 2.45) is 5.92 Å². The number of benzene rings is 1. The number of unbranched alkanes of at least 4 members (excludes halogenated alkanes) is 3. The topological polar surface area (TPSA) is 62.3 Å². The SMILES string of the molecule is CCCCCCNC(=O)C1CC(=O)N(c2ccc3sc(C)nc3c2)C1. The molecular weight excluding hydrogens is 334 g/mol. The number of aryl methyl sites for hydroxylation is 1. The second kappa shape index (κ2) is 7.95. The number of fused-ring (bicyclic) bond motifs is 1. The zero-order valence-electron chi connectivity index (χ0n) is 14.9. The summed E-state index contributed by atoms with van der Waals surface area (Å²) in [6, 6.07) is 5.90. The summed E-state index contributed by atoms with van der Waals surface area (Å²) in [5.41, 5.74) is 1.75. The van der Waals surface area contributed by atoms with E-state index in [0.29, 0.717) is 13.1 Å². The summed E-state index contributed by atoms with van der Waals surface area (Å²) >= 11 is 1.65. The van der Waals surface area contributed by atoms with Crippen molar-refractivity contribution in [2.45, 2.75) is 46.0 Å². The molecule has 0 saturated carbocycles. The van der Waals surface area contributed by atoms with Crippen LogP contribution in [-0.4, -0.2) is 29.9 Å². The highest BCUT2D eigenvalue weighted by atomic mass is 32.1. The first-order valence-electron chi connectivity index (χ1n) is 9.03. The molecule has 134 valence electrons. The summed E-state index contributed by atoms with van der Waals surface area (Å²) in [6.45, 7) is 5.30. The molecular formula is C19H25N3O2S. The molecule has 1 unspecified atom stereocenters. The van der Waals surface area contributed by atoms with Crippen LogP contribution in [0.2, 0.25) is 0 Å². The predicted octanol–water partition coefficient (Wildman–Crippen LogP) is 3.65. The summed E-state index contributed by atoms with van der Waals surface area (Å²) in [4.78, 5) is 30.9. The lowest BCUT2D eigenvalue weighted by Crippen LogP contribution is -2.33. The molecule has 0 aliphatic carbocycles. The van der Waals surface area contributed by atoms with Gasteiger partial charge in [-0.25, -0.2) is 4.98 Å². The number of amides is 2. The number of rotatable bonds is 7. The number of carbonyl (C=O) groups is 2. The Hall–Kier alpha value is -1.95. The number of aromatic nitrogens is 1. The normalized spacial score (nSPS) is 17.4. The molecule has 3 rings (SSSR count). The molecule has 6 heteroatoms. The summed E-state index contributed by atoms with van der Waals surface area (Å²) in [5.74, 6) is -0.248. The van der Waals surface area contributed by atoms with E-state index in [4.69, 9.17) is 0 Å². The molecule has 1 aromatic carbocycles. The molecule has 2 amide bonds. The van der Waals surface area contributed by atoms with E-state index in [2.05, 4.69) is 17.2 Å². The van der Waals surface area contributed by atoms with E-state index in [1.165, 1.54) is 12.8 Å². The summed E-state index contributed by atoms with van der Waals surface area (Å²) in [5, 5.41) is 3.99. The fourth-order valence-corrected chi connectivity index (χ4v) is 4.05. The van der Waals surface area contributed by atoms with Gasteiger partial charge < -0.3 is 10.2 Å². The van der Waals surface area contributed by atoms with Crippen molar-refractivity contribution >= 4 is 39.1 Å². The van der Waals surface area contributed by atoms with Gasteiger partial charge in [-0.05, 0) is 31.5 Å². The maximum Gasteiger partial charge on any atom is 0.227 e. The largest absolute Gasteiger partial charge is 0.356 e. The lowest BCUT2D eigenvalue weighted by Gasteiger charge is -2.16. The molecule has 1 atom stereocenters. The Kier molecular flexibility index (Phi) is 5.68. The molecule has 5 nitrogen and oxygen atoms in total. The molecule has 1 aliphatic rings. The number of hydrogen-bond donors (Lipinski definition) is 1. The van der Waals surface area contributed by atoms with Gasteiger partial charge in [0.15, 0.2) is 0 Å². The second-order valence-electron chi connectivity index (χ2n) is 6.64. The van der Waals surface area contributed by atoms with Gasteiger partial charge in [0.2, 0.25) is 11.8 Å². The number of nitrogens with one attached hydrogen (secondary N) is 1. The van der Waals surface area contributed by atoms with Gasteiger partial charge in [0, 0.05) is 25.2 Å². The summed E-state index contributed by atoms with van der Waals surface area (Å²) in [7, 11) is 0. The van der Waals surface area contributed by atoms with Crippen LogP contribution < -0.4 is 10.2 Å². The van der Waals surface area contributed by atoms with Gasteiger partial charge in [-0.1, -0.05) is 26.2 Å². The second-order valence-corrected chi connectivity index (χ2v) is 7.88. The molecule has 25 heavy (non-hydrogen) atoms. The Labute approximate surface area is 152 Å². The molecule has 1 fully saturated rings. The Morgan fingerprint density at radius 3 is 3.00 bits per heavy atom. The molecule has 2 aromatic rings. The summed E-state index contributed by atoms with van der Waals surface area (Å²) < 4.78 is 1.12. The van der Waals surface area contributed by atoms with Crippen molar-refractivity contribution < 1.29 is 9.59 Å². The minimum Gasteiger partial charge on any atom is -0.356 e. The zero-order valence-corrected chi connectivity index (χ0v) is 15.7. The fourth-order valence-electron chi connectivity index (χ4n) is 3.24. The highest BCUT2D eigenvalue weighted by Gasteiger charge is 2.35. The lowest BCUT2D eigenvalue weighted by molar-refractivity contribution is -0.126. The molecule has 0 bridgehead atoms. The van der Waals surface area contributed by atoms with Crippen LogP contribution in [0.5, 0.6) is 0 Å². The van der Waals surface area contributed by atoms with Crippen molar-refractivity contribution in [3.63, 3.8) is 0 Å². The number of nitrogens with zero attached hydrogens (tertiary/aromatic N) is 2. The molecule has 2 heterocycles. The Morgan fingerprint density at radius 2 is 2.20 bits per heavy atom. The quantitative estimate of drug-likeness (QED) is 0.768. The van der Waals surface area contributed by atoms with Crippen molar-refractivity contribution in [3.05, 3.63) is 23.2 Å². The molecule has 1 aliphatic heterocycles. The molecule has 0 radical (unpaired) electrons. The number of anilines is 1. The standard InChI is InChI=1S/C19H25N3O2S/c1-3-4-5-6-9-20-19(24)14-10-18(23)22(12-14)15-7-8-17-16(11-15)21-13(2)25-17/h7-8,11,14H,3-6,9-10,12H2,1-2H3,(H,20,24). The van der Waals surface area contributed by atoms with Gasteiger partial charge in [0.25, 0.3) is 0 Å². The van der Waals surface area contributed by atoms with Gasteiger partial charge in [0.05, 0.1) is 21.1 Å². The number of thiazole rings is 1. The Bertz CT molecular complexity index is 771. The Morgan fingerprint density at radius 1 is 1.36 bits per heavy atom. The highest BCUT2D eigenvalue weighted by molar-refractivity contribution is 7.18. The summed E-state index contributed by atoms with van der Waals surface area (Å²) in [6.07, 6.45) is 4.81. The van der Waals surface area contributed by atoms with Gasteiger partial charge in [-0.3, -0.25) is 9.59 Å². The minimum atomic E-state index is -0.258. The first kappa shape index (κ1) is 17.9. The van der Waals surface area contributed by atoms with Gasteiger partial charge in [0.1, 0.15) is 0 Å². The van der Waals surface area contributed by atoms with Gasteiger partial charge in [-0.15, -0.1) is 11.3 Å². The average molecular weight is 359 g/mol. The first-order valence-corrected chi connectivity index (χ1v) is 9.85. The number of hydrogen-bond acceptors (Lipinski definition) is 4. The predicted molar refractivity (Wildman–Crippen MR) is 102 cm³/mol. The van der Waals surface area contributed by atoms with Crippen molar-refractivity contribution in [2.75, 3.05) is 18.0 Å². The van der Waals surface area contributed by atoms with Crippen LogP contribution >= 0.6 is 11.3 Å². The van der Waals surface area contributed by atoms with E-state index in [9.17, 15) is 9.59 Å². The maximum atomic E-state index is 12.4. The van der Waals surface area contributed by atoms with E-state index in [0.717, 1.165) is 33.8 Å². The highest BCUT2D eigenvalue weighted by Crippen LogP contribution is 2.30. The van der Waals surface area contributed by atoms with Crippen molar-refractivity contribution in [1.82, 2.24) is 10.3 Å². The molecule has 0 spiro atoms. The van der Waals surface area contributed by atoms with Crippen LogP contribution in [0.1, 0.15) is 44.0 Å². The monoisotopic (exact) mass is 359 g/mol. The average Bonchev–Trinajstić information content (AvgIpc) is 3.15. The van der Waals surface area contributed by atoms with Gasteiger partial charge >= 0.3 is 0 Å². The zero-order chi connectivity index (χ0) is 17.8. The number of carbonyl (C=O) groups excluding carboxylic acids is 2.